The number of phenolic OH excluding ortho intramolecular Hbond substituents is 1. The van der Waals surface area contributed by atoms with Crippen LogP contribution in [-0.4, -0.2) is 19.2 Å². The van der Waals surface area contributed by atoms with E-state index in [2.05, 4.69) is 0 Å². The Morgan fingerprint density at radius 2 is 1.61 bits per heavy atom. The molecule has 0 aliphatic rings. The van der Waals surface area contributed by atoms with Crippen LogP contribution in [0.2, 0.25) is 0 Å². The third kappa shape index (κ3) is 2.28. The molecule has 0 saturated heterocycles. The van der Waals surface area contributed by atoms with E-state index in [1.807, 2.05) is 49.3 Å². The molecular formula is C15H14N2O. The molecule has 90 valence electrons. The van der Waals surface area contributed by atoms with Gasteiger partial charge in [0.05, 0.1) is 5.56 Å². The summed E-state index contributed by atoms with van der Waals surface area (Å²) in [7, 11) is 3.98. The quantitative estimate of drug-likeness (QED) is 0.874. The van der Waals surface area contributed by atoms with Gasteiger partial charge in [-0.15, -0.1) is 0 Å². The average molecular weight is 238 g/mol. The van der Waals surface area contributed by atoms with E-state index in [0.29, 0.717) is 5.56 Å². The Morgan fingerprint density at radius 3 is 2.17 bits per heavy atom. The van der Waals surface area contributed by atoms with Crippen LogP contribution in [0, 0.1) is 11.3 Å². The average Bonchev–Trinajstić information content (AvgIpc) is 2.39. The van der Waals surface area contributed by atoms with Crippen LogP contribution in [0.4, 0.5) is 5.69 Å². The number of nitrogens with zero attached hydrogens (tertiary/aromatic N) is 2. The van der Waals surface area contributed by atoms with Crippen LogP contribution in [0.25, 0.3) is 11.1 Å². The zero-order valence-electron chi connectivity index (χ0n) is 10.4. The lowest BCUT2D eigenvalue weighted by atomic mass is 10.0. The van der Waals surface area contributed by atoms with Gasteiger partial charge in [0, 0.05) is 19.8 Å². The normalized spacial score (nSPS) is 9.83. The topological polar surface area (TPSA) is 47.3 Å². The summed E-state index contributed by atoms with van der Waals surface area (Å²) in [4.78, 5) is 2.03. The molecule has 0 aliphatic carbocycles. The number of benzene rings is 2. The summed E-state index contributed by atoms with van der Waals surface area (Å²) in [6, 6.07) is 15.1. The first-order valence-corrected chi connectivity index (χ1v) is 5.62. The van der Waals surface area contributed by atoms with Gasteiger partial charge in [0.25, 0.3) is 0 Å². The van der Waals surface area contributed by atoms with E-state index in [1.54, 1.807) is 18.2 Å². The SMILES string of the molecule is CN(C)c1ccc(-c2ccc(O)c(C#N)c2)cc1. The fraction of sp³-hybridized carbons (Fsp3) is 0.133. The van der Waals surface area contributed by atoms with Crippen molar-refractivity contribution in [1.82, 2.24) is 0 Å². The molecule has 3 nitrogen and oxygen atoms in total. The van der Waals surface area contributed by atoms with Crippen LogP contribution in [0.3, 0.4) is 0 Å². The number of nitriles is 1. The zero-order valence-corrected chi connectivity index (χ0v) is 10.4. The van der Waals surface area contributed by atoms with E-state index < -0.39 is 0 Å². The molecule has 0 fully saturated rings. The number of hydrogen-bond donors (Lipinski definition) is 1. The van der Waals surface area contributed by atoms with Crippen LogP contribution in [0.5, 0.6) is 5.75 Å². The van der Waals surface area contributed by atoms with E-state index in [4.69, 9.17) is 5.26 Å². The van der Waals surface area contributed by atoms with Crippen molar-refractivity contribution in [2.75, 3.05) is 19.0 Å². The van der Waals surface area contributed by atoms with E-state index in [9.17, 15) is 5.11 Å². The summed E-state index contributed by atoms with van der Waals surface area (Å²) in [5, 5.41) is 18.4. The van der Waals surface area contributed by atoms with Gasteiger partial charge in [0.1, 0.15) is 11.8 Å². The van der Waals surface area contributed by atoms with Gasteiger partial charge in [-0.3, -0.25) is 0 Å². The van der Waals surface area contributed by atoms with Crippen LogP contribution >= 0.6 is 0 Å². The van der Waals surface area contributed by atoms with Crippen LogP contribution < -0.4 is 4.90 Å². The Hall–Kier alpha value is -2.47. The second kappa shape index (κ2) is 4.80. The molecule has 0 aliphatic heterocycles. The molecule has 0 bridgehead atoms. The van der Waals surface area contributed by atoms with Crippen molar-refractivity contribution in [2.45, 2.75) is 0 Å². The Morgan fingerprint density at radius 1 is 1.00 bits per heavy atom. The van der Waals surface area contributed by atoms with E-state index in [1.165, 1.54) is 0 Å². The summed E-state index contributed by atoms with van der Waals surface area (Å²) in [6.45, 7) is 0. The summed E-state index contributed by atoms with van der Waals surface area (Å²) in [6.07, 6.45) is 0. The summed E-state index contributed by atoms with van der Waals surface area (Å²) in [5.74, 6) is 0.0196. The van der Waals surface area contributed by atoms with Gasteiger partial charge in [0.15, 0.2) is 0 Å². The molecule has 2 aromatic carbocycles. The highest BCUT2D eigenvalue weighted by Crippen LogP contribution is 2.26. The second-order valence-electron chi connectivity index (χ2n) is 4.29. The highest BCUT2D eigenvalue weighted by molar-refractivity contribution is 5.69. The summed E-state index contributed by atoms with van der Waals surface area (Å²) >= 11 is 0. The van der Waals surface area contributed by atoms with Crippen molar-refractivity contribution < 1.29 is 5.11 Å². The predicted octanol–water partition coefficient (Wildman–Crippen LogP) is 3.00. The molecule has 0 amide bonds. The smallest absolute Gasteiger partial charge is 0.133 e. The second-order valence-corrected chi connectivity index (χ2v) is 4.29. The lowest BCUT2D eigenvalue weighted by Gasteiger charge is -2.12. The molecule has 0 saturated carbocycles. The monoisotopic (exact) mass is 238 g/mol. The third-order valence-electron chi connectivity index (χ3n) is 2.83. The Labute approximate surface area is 107 Å². The fourth-order valence-electron chi connectivity index (χ4n) is 1.76. The number of phenols is 1. The van der Waals surface area contributed by atoms with Crippen molar-refractivity contribution >= 4 is 5.69 Å². The molecule has 18 heavy (non-hydrogen) atoms. The lowest BCUT2D eigenvalue weighted by Crippen LogP contribution is -2.07. The van der Waals surface area contributed by atoms with Crippen LogP contribution in [-0.2, 0) is 0 Å². The van der Waals surface area contributed by atoms with E-state index >= 15 is 0 Å². The Balaban J connectivity index is 2.40. The largest absolute Gasteiger partial charge is 0.507 e. The maximum absolute atomic E-state index is 9.47. The highest BCUT2D eigenvalue weighted by Gasteiger charge is 2.04. The minimum absolute atomic E-state index is 0.0196. The summed E-state index contributed by atoms with van der Waals surface area (Å²) in [5.41, 5.74) is 3.37. The standard InChI is InChI=1S/C15H14N2O/c1-17(2)14-6-3-11(4-7-14)12-5-8-15(18)13(9-12)10-16/h3-9,18H,1-2H3. The minimum Gasteiger partial charge on any atom is -0.507 e. The van der Waals surface area contributed by atoms with Gasteiger partial charge >= 0.3 is 0 Å². The van der Waals surface area contributed by atoms with E-state index in [-0.39, 0.29) is 5.75 Å². The van der Waals surface area contributed by atoms with Crippen LogP contribution in [0.1, 0.15) is 5.56 Å². The lowest BCUT2D eigenvalue weighted by molar-refractivity contribution is 0.473. The first-order valence-electron chi connectivity index (χ1n) is 5.62. The van der Waals surface area contributed by atoms with Gasteiger partial charge < -0.3 is 10.0 Å². The first-order chi connectivity index (χ1) is 8.61. The van der Waals surface area contributed by atoms with Gasteiger partial charge in [-0.25, -0.2) is 0 Å². The van der Waals surface area contributed by atoms with Crippen molar-refractivity contribution in [3.63, 3.8) is 0 Å². The van der Waals surface area contributed by atoms with Gasteiger partial charge in [-0.2, -0.15) is 5.26 Å². The van der Waals surface area contributed by atoms with Crippen LogP contribution in [0.15, 0.2) is 42.5 Å². The Bertz CT molecular complexity index is 595. The molecule has 0 spiro atoms. The number of rotatable bonds is 2. The zero-order chi connectivity index (χ0) is 13.1. The molecule has 0 radical (unpaired) electrons. The molecule has 0 heterocycles. The number of aromatic hydroxyl groups is 1. The minimum atomic E-state index is 0.0196. The van der Waals surface area contributed by atoms with Crippen molar-refractivity contribution in [1.29, 1.82) is 5.26 Å². The molecule has 0 unspecified atom stereocenters. The van der Waals surface area contributed by atoms with Crippen molar-refractivity contribution in [3.8, 4) is 22.9 Å². The predicted molar refractivity (Wildman–Crippen MR) is 72.6 cm³/mol. The van der Waals surface area contributed by atoms with E-state index in [0.717, 1.165) is 16.8 Å². The Kier molecular flexibility index (Phi) is 3.20. The molecule has 0 aromatic heterocycles. The molecule has 2 aromatic rings. The maximum atomic E-state index is 9.47. The molecule has 0 atom stereocenters. The first kappa shape index (κ1) is 12.0. The number of hydrogen-bond acceptors (Lipinski definition) is 3. The molecular weight excluding hydrogens is 224 g/mol. The number of anilines is 1. The summed E-state index contributed by atoms with van der Waals surface area (Å²) < 4.78 is 0. The maximum Gasteiger partial charge on any atom is 0.133 e. The van der Waals surface area contributed by atoms with Crippen molar-refractivity contribution in [2.24, 2.45) is 0 Å². The van der Waals surface area contributed by atoms with Gasteiger partial charge in [-0.1, -0.05) is 18.2 Å². The molecule has 3 heteroatoms. The van der Waals surface area contributed by atoms with Gasteiger partial charge in [0.2, 0.25) is 0 Å². The molecule has 1 N–H and O–H groups in total. The molecule has 2 rings (SSSR count). The third-order valence-corrected chi connectivity index (χ3v) is 2.83. The fourth-order valence-corrected chi connectivity index (χ4v) is 1.76. The van der Waals surface area contributed by atoms with Gasteiger partial charge in [-0.05, 0) is 35.4 Å². The highest BCUT2D eigenvalue weighted by atomic mass is 16.3. The van der Waals surface area contributed by atoms with Crippen molar-refractivity contribution in [3.05, 3.63) is 48.0 Å².